The molecular formula is C21H21BrN4O3. The Morgan fingerprint density at radius 2 is 2.07 bits per heavy atom. The van der Waals surface area contributed by atoms with E-state index < -0.39 is 0 Å². The van der Waals surface area contributed by atoms with E-state index in [9.17, 15) is 4.79 Å². The van der Waals surface area contributed by atoms with Crippen molar-refractivity contribution in [3.63, 3.8) is 0 Å². The Labute approximate surface area is 177 Å². The van der Waals surface area contributed by atoms with Crippen molar-refractivity contribution >= 4 is 27.4 Å². The summed E-state index contributed by atoms with van der Waals surface area (Å²) in [5, 5.41) is 4.20. The number of halogens is 1. The summed E-state index contributed by atoms with van der Waals surface area (Å²) in [4.78, 5) is 18.9. The molecule has 1 fully saturated rings. The van der Waals surface area contributed by atoms with Crippen LogP contribution in [0.15, 0.2) is 59.7 Å². The minimum atomic E-state index is -0.105. The highest BCUT2D eigenvalue weighted by atomic mass is 79.9. The van der Waals surface area contributed by atoms with Gasteiger partial charge >= 0.3 is 0 Å². The van der Waals surface area contributed by atoms with Gasteiger partial charge in [-0.1, -0.05) is 18.7 Å². The van der Waals surface area contributed by atoms with Gasteiger partial charge in [-0.2, -0.15) is 5.10 Å². The highest BCUT2D eigenvalue weighted by Gasteiger charge is 2.35. The second-order valence-corrected chi connectivity index (χ2v) is 7.81. The molecular weight excluding hydrogens is 436 g/mol. The van der Waals surface area contributed by atoms with Crippen LogP contribution in [-0.2, 0) is 4.79 Å². The van der Waals surface area contributed by atoms with Crippen LogP contribution in [-0.4, -0.2) is 39.1 Å². The number of carbonyl (C=O) groups excluding carboxylic acids is 1. The molecule has 8 heteroatoms. The number of carbonyl (C=O) groups is 1. The van der Waals surface area contributed by atoms with Crippen LogP contribution in [0.1, 0.15) is 24.9 Å². The van der Waals surface area contributed by atoms with Crippen LogP contribution in [0.25, 0.3) is 5.52 Å². The van der Waals surface area contributed by atoms with Crippen molar-refractivity contribution in [3.8, 4) is 11.6 Å². The molecule has 1 aliphatic rings. The lowest BCUT2D eigenvalue weighted by Gasteiger charge is -2.25. The van der Waals surface area contributed by atoms with Crippen LogP contribution in [0.2, 0.25) is 0 Å². The van der Waals surface area contributed by atoms with Crippen molar-refractivity contribution < 1.29 is 14.3 Å². The zero-order valence-electron chi connectivity index (χ0n) is 16.2. The first-order valence-corrected chi connectivity index (χ1v) is 10.1. The van der Waals surface area contributed by atoms with Gasteiger partial charge in [-0.15, -0.1) is 0 Å². The standard InChI is InChI=1S/C21H21BrN4O3/c1-13(15-4-6-17(28-3)7-5-15)25-11-16(10-20(25)27)14(2)29-21-18-8-9-23-26(18)12-19(22)24-21/h4-9,12-13,16H,2,10-11H2,1,3H3/t13-,16-/m1/s1. The van der Waals surface area contributed by atoms with E-state index in [2.05, 4.69) is 32.6 Å². The van der Waals surface area contributed by atoms with Gasteiger partial charge in [-0.3, -0.25) is 4.79 Å². The first kappa shape index (κ1) is 19.4. The average Bonchev–Trinajstić information content (AvgIpc) is 3.34. The van der Waals surface area contributed by atoms with Gasteiger partial charge in [-0.25, -0.2) is 9.50 Å². The summed E-state index contributed by atoms with van der Waals surface area (Å²) < 4.78 is 13.5. The molecule has 0 spiro atoms. The number of hydrogen-bond acceptors (Lipinski definition) is 5. The Hall–Kier alpha value is -2.87. The van der Waals surface area contributed by atoms with E-state index in [-0.39, 0.29) is 17.9 Å². The van der Waals surface area contributed by atoms with E-state index in [1.54, 1.807) is 24.0 Å². The summed E-state index contributed by atoms with van der Waals surface area (Å²) in [7, 11) is 1.64. The lowest BCUT2D eigenvalue weighted by atomic mass is 10.1. The minimum Gasteiger partial charge on any atom is -0.497 e. The van der Waals surface area contributed by atoms with Gasteiger partial charge < -0.3 is 14.4 Å². The molecule has 0 N–H and O–H groups in total. The number of rotatable bonds is 6. The lowest BCUT2D eigenvalue weighted by molar-refractivity contribution is -0.129. The van der Waals surface area contributed by atoms with Gasteiger partial charge in [0, 0.05) is 18.9 Å². The highest BCUT2D eigenvalue weighted by Crippen LogP contribution is 2.33. The zero-order chi connectivity index (χ0) is 20.5. The van der Waals surface area contributed by atoms with Gasteiger partial charge in [-0.05, 0) is 46.6 Å². The Kier molecular flexibility index (Phi) is 5.27. The smallest absolute Gasteiger partial charge is 0.246 e. The van der Waals surface area contributed by atoms with Gasteiger partial charge in [0.1, 0.15) is 21.6 Å². The molecule has 3 aromatic rings. The molecule has 1 aromatic carbocycles. The summed E-state index contributed by atoms with van der Waals surface area (Å²) in [6, 6.07) is 9.55. The fourth-order valence-corrected chi connectivity index (χ4v) is 3.89. The Balaban J connectivity index is 1.48. The first-order valence-electron chi connectivity index (χ1n) is 9.26. The molecule has 7 nitrogen and oxygen atoms in total. The maximum absolute atomic E-state index is 12.7. The van der Waals surface area contributed by atoms with Crippen LogP contribution in [0.5, 0.6) is 11.6 Å². The second kappa shape index (κ2) is 7.87. The quantitative estimate of drug-likeness (QED) is 0.524. The monoisotopic (exact) mass is 456 g/mol. The summed E-state index contributed by atoms with van der Waals surface area (Å²) >= 11 is 3.36. The number of likely N-dealkylation sites (tertiary alicyclic amines) is 1. The van der Waals surface area contributed by atoms with Gasteiger partial charge in [0.15, 0.2) is 0 Å². The predicted molar refractivity (Wildman–Crippen MR) is 112 cm³/mol. The number of ether oxygens (including phenoxy) is 2. The SMILES string of the molecule is C=C(Oc1nc(Br)cn2nccc12)[C@@H]1CC(=O)N([C@H](C)c2ccc(OC)cc2)C1. The molecule has 2 aromatic heterocycles. The lowest BCUT2D eigenvalue weighted by Crippen LogP contribution is -2.28. The molecule has 2 atom stereocenters. The van der Waals surface area contributed by atoms with Gasteiger partial charge in [0.05, 0.1) is 25.5 Å². The topological polar surface area (TPSA) is 69.0 Å². The molecule has 29 heavy (non-hydrogen) atoms. The molecule has 4 rings (SSSR count). The Bertz CT molecular complexity index is 1060. The van der Waals surface area contributed by atoms with Crippen molar-refractivity contribution in [2.75, 3.05) is 13.7 Å². The van der Waals surface area contributed by atoms with Gasteiger partial charge in [0.2, 0.25) is 11.8 Å². The molecule has 0 saturated carbocycles. The minimum absolute atomic E-state index is 0.0447. The van der Waals surface area contributed by atoms with E-state index in [1.165, 1.54) is 0 Å². The van der Waals surface area contributed by atoms with Crippen molar-refractivity contribution in [2.24, 2.45) is 5.92 Å². The fraction of sp³-hybridized carbons (Fsp3) is 0.286. The summed E-state index contributed by atoms with van der Waals surface area (Å²) in [5.74, 6) is 1.71. The third-order valence-corrected chi connectivity index (χ3v) is 5.62. The predicted octanol–water partition coefficient (Wildman–Crippen LogP) is 4.00. The molecule has 1 aliphatic heterocycles. The van der Waals surface area contributed by atoms with Crippen molar-refractivity contribution in [3.05, 3.63) is 65.2 Å². The Morgan fingerprint density at radius 3 is 2.79 bits per heavy atom. The normalized spacial score (nSPS) is 17.6. The van der Waals surface area contributed by atoms with Crippen LogP contribution < -0.4 is 9.47 Å². The van der Waals surface area contributed by atoms with Crippen LogP contribution in [0.3, 0.4) is 0 Å². The number of methoxy groups -OCH3 is 1. The van der Waals surface area contributed by atoms with E-state index >= 15 is 0 Å². The maximum Gasteiger partial charge on any atom is 0.246 e. The third-order valence-electron chi connectivity index (χ3n) is 5.23. The molecule has 0 aliphatic carbocycles. The van der Waals surface area contributed by atoms with Gasteiger partial charge in [0.25, 0.3) is 0 Å². The van der Waals surface area contributed by atoms with E-state index in [1.807, 2.05) is 42.2 Å². The fourth-order valence-electron chi connectivity index (χ4n) is 3.54. The van der Waals surface area contributed by atoms with Crippen molar-refractivity contribution in [1.29, 1.82) is 0 Å². The van der Waals surface area contributed by atoms with Crippen LogP contribution in [0.4, 0.5) is 0 Å². The molecule has 0 radical (unpaired) electrons. The van der Waals surface area contributed by atoms with Crippen LogP contribution >= 0.6 is 15.9 Å². The molecule has 1 amide bonds. The maximum atomic E-state index is 12.7. The highest BCUT2D eigenvalue weighted by molar-refractivity contribution is 9.10. The summed E-state index contributed by atoms with van der Waals surface area (Å²) in [6.07, 6.45) is 3.79. The first-order chi connectivity index (χ1) is 14.0. The largest absolute Gasteiger partial charge is 0.497 e. The second-order valence-electron chi connectivity index (χ2n) is 6.99. The Morgan fingerprint density at radius 1 is 1.31 bits per heavy atom. The number of aromatic nitrogens is 3. The molecule has 150 valence electrons. The number of benzene rings is 1. The van der Waals surface area contributed by atoms with E-state index in [0.717, 1.165) is 16.8 Å². The number of nitrogens with zero attached hydrogens (tertiary/aromatic N) is 4. The van der Waals surface area contributed by atoms with Crippen LogP contribution in [0, 0.1) is 5.92 Å². The van der Waals surface area contributed by atoms with E-state index in [4.69, 9.17) is 9.47 Å². The van der Waals surface area contributed by atoms with Crippen molar-refractivity contribution in [2.45, 2.75) is 19.4 Å². The number of fused-ring (bicyclic) bond motifs is 1. The number of hydrogen-bond donors (Lipinski definition) is 0. The molecule has 1 saturated heterocycles. The third kappa shape index (κ3) is 3.85. The summed E-state index contributed by atoms with van der Waals surface area (Å²) in [5.41, 5.74) is 1.79. The van der Waals surface area contributed by atoms with Crippen molar-refractivity contribution in [1.82, 2.24) is 19.5 Å². The summed E-state index contributed by atoms with van der Waals surface area (Å²) in [6.45, 7) is 6.65. The molecule has 3 heterocycles. The zero-order valence-corrected chi connectivity index (χ0v) is 17.8. The molecule has 0 bridgehead atoms. The average molecular weight is 457 g/mol. The number of amides is 1. The molecule has 0 unspecified atom stereocenters. The van der Waals surface area contributed by atoms with E-state index in [0.29, 0.717) is 29.2 Å².